The lowest BCUT2D eigenvalue weighted by Crippen LogP contribution is -2.46. The summed E-state index contributed by atoms with van der Waals surface area (Å²) in [6.07, 6.45) is 6.82. The van der Waals surface area contributed by atoms with Crippen molar-refractivity contribution in [2.24, 2.45) is 29.4 Å². The molecule has 0 aromatic heterocycles. The highest BCUT2D eigenvalue weighted by atomic mass is 35.5. The summed E-state index contributed by atoms with van der Waals surface area (Å²) in [5, 5.41) is 0.869. The molecule has 102 valence electrons. The fourth-order valence-corrected chi connectivity index (χ4v) is 5.59. The molecule has 3 aliphatic rings. The van der Waals surface area contributed by atoms with Crippen LogP contribution < -0.4 is 5.73 Å². The summed E-state index contributed by atoms with van der Waals surface area (Å²) in [7, 11) is 0. The summed E-state index contributed by atoms with van der Waals surface area (Å²) >= 11 is 6.31. The number of rotatable bonds is 1. The Morgan fingerprint density at radius 3 is 2.84 bits per heavy atom. The van der Waals surface area contributed by atoms with Gasteiger partial charge in [0.2, 0.25) is 0 Å². The highest BCUT2D eigenvalue weighted by molar-refractivity contribution is 6.31. The number of nitrogens with two attached hydrogens (primary N) is 1. The van der Waals surface area contributed by atoms with Gasteiger partial charge in [-0.25, -0.2) is 0 Å². The Balaban J connectivity index is 1.73. The van der Waals surface area contributed by atoms with Crippen molar-refractivity contribution in [3.8, 4) is 0 Å². The van der Waals surface area contributed by atoms with Crippen LogP contribution in [0.3, 0.4) is 0 Å². The number of hydrogen-bond acceptors (Lipinski definition) is 1. The average Bonchev–Trinajstić information content (AvgIpc) is 3.03. The van der Waals surface area contributed by atoms with Gasteiger partial charge in [-0.2, -0.15) is 0 Å². The molecular weight excluding hydrogens is 254 g/mol. The molecule has 1 aromatic carbocycles. The van der Waals surface area contributed by atoms with E-state index in [1.54, 1.807) is 0 Å². The van der Waals surface area contributed by atoms with Crippen LogP contribution in [0.25, 0.3) is 0 Å². The third-order valence-corrected chi connectivity index (χ3v) is 6.68. The molecule has 19 heavy (non-hydrogen) atoms. The third-order valence-electron chi connectivity index (χ3n) is 6.27. The molecular formula is C17H22ClN. The highest BCUT2D eigenvalue weighted by Crippen LogP contribution is 2.64. The number of aryl methyl sites for hydroxylation is 1. The Labute approximate surface area is 120 Å². The smallest absolute Gasteiger partial charge is 0.0444 e. The zero-order valence-electron chi connectivity index (χ0n) is 11.5. The second-order valence-corrected chi connectivity index (χ2v) is 7.48. The van der Waals surface area contributed by atoms with Crippen molar-refractivity contribution in [2.45, 2.75) is 44.6 Å². The second kappa shape index (κ2) is 3.99. The summed E-state index contributed by atoms with van der Waals surface area (Å²) in [5.74, 6) is 3.46. The van der Waals surface area contributed by atoms with Crippen molar-refractivity contribution < 1.29 is 0 Å². The molecule has 0 saturated heterocycles. The van der Waals surface area contributed by atoms with Crippen LogP contribution in [0.4, 0.5) is 0 Å². The van der Waals surface area contributed by atoms with Crippen molar-refractivity contribution in [3.63, 3.8) is 0 Å². The molecule has 1 aromatic rings. The molecule has 0 spiro atoms. The second-order valence-electron chi connectivity index (χ2n) is 7.07. The van der Waals surface area contributed by atoms with E-state index in [0.717, 1.165) is 28.3 Å². The minimum atomic E-state index is -0.104. The quantitative estimate of drug-likeness (QED) is 0.814. The van der Waals surface area contributed by atoms with E-state index in [1.807, 2.05) is 0 Å². The van der Waals surface area contributed by atoms with Gasteiger partial charge < -0.3 is 5.73 Å². The molecule has 0 heterocycles. The van der Waals surface area contributed by atoms with Gasteiger partial charge in [0.1, 0.15) is 0 Å². The molecule has 0 radical (unpaired) electrons. The molecule has 3 saturated carbocycles. The van der Waals surface area contributed by atoms with Crippen LogP contribution in [0.15, 0.2) is 18.2 Å². The lowest BCUT2D eigenvalue weighted by atomic mass is 9.68. The topological polar surface area (TPSA) is 26.0 Å². The van der Waals surface area contributed by atoms with Gasteiger partial charge in [0, 0.05) is 10.6 Å². The maximum absolute atomic E-state index is 6.88. The maximum Gasteiger partial charge on any atom is 0.0444 e. The van der Waals surface area contributed by atoms with Gasteiger partial charge in [-0.3, -0.25) is 0 Å². The molecule has 2 N–H and O–H groups in total. The molecule has 3 fully saturated rings. The fraction of sp³-hybridized carbons (Fsp3) is 0.647. The molecule has 0 aliphatic heterocycles. The van der Waals surface area contributed by atoms with E-state index < -0.39 is 0 Å². The molecule has 2 heteroatoms. The molecule has 1 nitrogen and oxygen atoms in total. The normalized spacial score (nSPS) is 43.7. The third kappa shape index (κ3) is 1.58. The van der Waals surface area contributed by atoms with Gasteiger partial charge >= 0.3 is 0 Å². The minimum absolute atomic E-state index is 0.104. The van der Waals surface area contributed by atoms with E-state index in [1.165, 1.54) is 37.7 Å². The monoisotopic (exact) mass is 275 g/mol. The zero-order valence-corrected chi connectivity index (χ0v) is 12.3. The van der Waals surface area contributed by atoms with Crippen LogP contribution in [-0.4, -0.2) is 0 Å². The van der Waals surface area contributed by atoms with Gasteiger partial charge in [-0.1, -0.05) is 30.2 Å². The van der Waals surface area contributed by atoms with E-state index in [4.69, 9.17) is 17.3 Å². The maximum atomic E-state index is 6.88. The lowest BCUT2D eigenvalue weighted by molar-refractivity contribution is 0.157. The van der Waals surface area contributed by atoms with E-state index in [9.17, 15) is 0 Å². The van der Waals surface area contributed by atoms with E-state index in [2.05, 4.69) is 25.1 Å². The molecule has 2 bridgehead atoms. The highest BCUT2D eigenvalue weighted by Gasteiger charge is 2.59. The van der Waals surface area contributed by atoms with Gasteiger partial charge in [-0.15, -0.1) is 0 Å². The van der Waals surface area contributed by atoms with Crippen LogP contribution in [0, 0.1) is 30.6 Å². The Morgan fingerprint density at radius 1 is 1.26 bits per heavy atom. The van der Waals surface area contributed by atoms with E-state index in [0.29, 0.717) is 5.92 Å². The summed E-state index contributed by atoms with van der Waals surface area (Å²) in [5.41, 5.74) is 9.21. The lowest BCUT2D eigenvalue weighted by Gasteiger charge is -2.40. The van der Waals surface area contributed by atoms with Gasteiger partial charge in [0.25, 0.3) is 0 Å². The standard InChI is InChI=1S/C17H22ClN/c1-10-5-6-12(8-16(10)18)17(19)9-11-7-15(17)14-4-2-3-13(11)14/h5-6,8,11,13-15H,2-4,7,9,19H2,1H3. The van der Waals surface area contributed by atoms with Crippen LogP contribution in [-0.2, 0) is 5.54 Å². The predicted octanol–water partition coefficient (Wildman–Crippen LogP) is 4.26. The largest absolute Gasteiger partial charge is 0.321 e. The number of hydrogen-bond donors (Lipinski definition) is 1. The SMILES string of the molecule is Cc1ccc(C2(N)CC3CC2C2CCCC32)cc1Cl. The van der Waals surface area contributed by atoms with Crippen LogP contribution in [0.5, 0.6) is 0 Å². The minimum Gasteiger partial charge on any atom is -0.321 e. The fourth-order valence-electron chi connectivity index (χ4n) is 5.40. The Kier molecular flexibility index (Phi) is 2.57. The van der Waals surface area contributed by atoms with Crippen LogP contribution in [0.2, 0.25) is 5.02 Å². The van der Waals surface area contributed by atoms with Crippen molar-refractivity contribution in [3.05, 3.63) is 34.3 Å². The first-order valence-corrected chi connectivity index (χ1v) is 8.03. The van der Waals surface area contributed by atoms with Gasteiger partial charge in [0.05, 0.1) is 0 Å². The number of benzene rings is 1. The zero-order chi connectivity index (χ0) is 13.2. The Hall–Kier alpha value is -0.530. The molecule has 5 unspecified atom stereocenters. The van der Waals surface area contributed by atoms with Crippen LogP contribution in [0.1, 0.15) is 43.2 Å². The van der Waals surface area contributed by atoms with Crippen LogP contribution >= 0.6 is 11.6 Å². The van der Waals surface area contributed by atoms with Crippen molar-refractivity contribution in [1.82, 2.24) is 0 Å². The first kappa shape index (κ1) is 12.2. The average molecular weight is 276 g/mol. The Morgan fingerprint density at radius 2 is 2.05 bits per heavy atom. The first-order chi connectivity index (χ1) is 9.09. The first-order valence-electron chi connectivity index (χ1n) is 7.65. The summed E-state index contributed by atoms with van der Waals surface area (Å²) < 4.78 is 0. The van der Waals surface area contributed by atoms with E-state index >= 15 is 0 Å². The van der Waals surface area contributed by atoms with Crippen molar-refractivity contribution >= 4 is 11.6 Å². The predicted molar refractivity (Wildman–Crippen MR) is 79.1 cm³/mol. The molecule has 5 atom stereocenters. The van der Waals surface area contributed by atoms with Gasteiger partial charge in [-0.05, 0) is 73.5 Å². The Bertz CT molecular complexity index is 526. The summed E-state index contributed by atoms with van der Waals surface area (Å²) in [6, 6.07) is 6.47. The molecule has 4 rings (SSSR count). The van der Waals surface area contributed by atoms with Crippen molar-refractivity contribution in [1.29, 1.82) is 0 Å². The van der Waals surface area contributed by atoms with Crippen molar-refractivity contribution in [2.75, 3.05) is 0 Å². The van der Waals surface area contributed by atoms with Gasteiger partial charge in [0.15, 0.2) is 0 Å². The van der Waals surface area contributed by atoms with E-state index in [-0.39, 0.29) is 5.54 Å². The summed E-state index contributed by atoms with van der Waals surface area (Å²) in [4.78, 5) is 0. The molecule has 0 amide bonds. The number of fused-ring (bicyclic) bond motifs is 5. The number of halogens is 1. The molecule has 3 aliphatic carbocycles. The summed E-state index contributed by atoms with van der Waals surface area (Å²) in [6.45, 7) is 2.06.